The van der Waals surface area contributed by atoms with Crippen LogP contribution in [0.3, 0.4) is 0 Å². The van der Waals surface area contributed by atoms with Crippen molar-refractivity contribution in [2.24, 2.45) is 0 Å². The molecule has 0 saturated carbocycles. The molecular formula is C56H32N4OS. The summed E-state index contributed by atoms with van der Waals surface area (Å²) in [7, 11) is 0. The van der Waals surface area contributed by atoms with Crippen LogP contribution in [0.25, 0.3) is 131 Å². The van der Waals surface area contributed by atoms with E-state index in [-0.39, 0.29) is 0 Å². The lowest BCUT2D eigenvalue weighted by molar-refractivity contribution is 0.671. The maximum atomic E-state index is 6.94. The molecule has 0 N–H and O–H groups in total. The second-order valence-corrected chi connectivity index (χ2v) is 17.2. The zero-order valence-electron chi connectivity index (χ0n) is 33.1. The predicted octanol–water partition coefficient (Wildman–Crippen LogP) is 15.4. The molecule has 0 spiro atoms. The van der Waals surface area contributed by atoms with Crippen molar-refractivity contribution in [2.45, 2.75) is 0 Å². The lowest BCUT2D eigenvalue weighted by Gasteiger charge is -2.13. The Kier molecular flexibility index (Phi) is 6.92. The van der Waals surface area contributed by atoms with E-state index in [1.165, 1.54) is 36.5 Å². The van der Waals surface area contributed by atoms with E-state index >= 15 is 0 Å². The van der Waals surface area contributed by atoms with Crippen LogP contribution in [0.5, 0.6) is 0 Å². The largest absolute Gasteiger partial charge is 0.454 e. The summed E-state index contributed by atoms with van der Waals surface area (Å²) < 4.78 is 14.1. The second-order valence-electron chi connectivity index (χ2n) is 16.1. The fourth-order valence-electron chi connectivity index (χ4n) is 10.0. The third-order valence-corrected chi connectivity index (χ3v) is 13.9. The van der Waals surface area contributed by atoms with E-state index in [4.69, 9.17) is 14.4 Å². The standard InChI is InChI=1S/C56H32N4OS/c1-2-14-35(15-3-1)59-46-22-10-5-16-36(46)37-28-26-33(31-48(37)59)42-32-44-38-17-7-12-24-49(38)61-55(44)54-52(42)41-20-6-11-23-47(41)60(54)56-57-45-21-9-4-19-40(45)53(58-56)34-27-29-51-43(30-34)39-18-8-13-25-50(39)62-51/h1-32H. The molecule has 14 aromatic rings. The Labute approximate surface area is 358 Å². The molecule has 0 fully saturated rings. The minimum Gasteiger partial charge on any atom is -0.454 e. The molecule has 288 valence electrons. The number of furan rings is 1. The molecular weight excluding hydrogens is 777 g/mol. The van der Waals surface area contributed by atoms with Crippen LogP contribution in [0.1, 0.15) is 0 Å². The van der Waals surface area contributed by atoms with Crippen molar-refractivity contribution in [1.82, 2.24) is 19.1 Å². The van der Waals surface area contributed by atoms with Gasteiger partial charge in [0, 0.05) is 69.1 Å². The maximum Gasteiger partial charge on any atom is 0.235 e. The summed E-state index contributed by atoms with van der Waals surface area (Å²) in [6.07, 6.45) is 0. The smallest absolute Gasteiger partial charge is 0.235 e. The average molecular weight is 809 g/mol. The highest BCUT2D eigenvalue weighted by Crippen LogP contribution is 2.47. The highest BCUT2D eigenvalue weighted by Gasteiger charge is 2.25. The highest BCUT2D eigenvalue weighted by molar-refractivity contribution is 7.25. The molecule has 5 heterocycles. The number of hydrogen-bond donors (Lipinski definition) is 0. The average Bonchev–Trinajstić information content (AvgIpc) is 4.09. The molecule has 0 aliphatic carbocycles. The van der Waals surface area contributed by atoms with Crippen LogP contribution < -0.4 is 0 Å². The first-order valence-corrected chi connectivity index (χ1v) is 21.7. The number of aromatic nitrogens is 4. The normalized spacial score (nSPS) is 12.2. The molecule has 5 aromatic heterocycles. The molecule has 0 aliphatic rings. The van der Waals surface area contributed by atoms with E-state index in [1.807, 2.05) is 17.4 Å². The lowest BCUT2D eigenvalue weighted by Crippen LogP contribution is -2.03. The van der Waals surface area contributed by atoms with Gasteiger partial charge in [-0.25, -0.2) is 9.97 Å². The zero-order valence-corrected chi connectivity index (χ0v) is 33.9. The molecule has 0 amide bonds. The topological polar surface area (TPSA) is 48.8 Å². The van der Waals surface area contributed by atoms with Crippen LogP contribution in [-0.4, -0.2) is 19.1 Å². The zero-order chi connectivity index (χ0) is 40.5. The molecule has 0 aliphatic heterocycles. The van der Waals surface area contributed by atoms with Crippen LogP contribution in [0.4, 0.5) is 0 Å². The van der Waals surface area contributed by atoms with E-state index in [2.05, 4.69) is 197 Å². The minimum absolute atomic E-state index is 0.596. The Morgan fingerprint density at radius 2 is 1.08 bits per heavy atom. The van der Waals surface area contributed by atoms with E-state index in [9.17, 15) is 0 Å². The Bertz CT molecular complexity index is 4170. The molecule has 0 bridgehead atoms. The van der Waals surface area contributed by atoms with Gasteiger partial charge in [-0.2, -0.15) is 0 Å². The molecule has 0 atom stereocenters. The van der Waals surface area contributed by atoms with Crippen LogP contribution in [0, 0.1) is 0 Å². The molecule has 5 nitrogen and oxygen atoms in total. The van der Waals surface area contributed by atoms with E-state index in [0.717, 1.165) is 88.2 Å². The highest BCUT2D eigenvalue weighted by atomic mass is 32.1. The van der Waals surface area contributed by atoms with Crippen molar-refractivity contribution < 1.29 is 4.42 Å². The minimum atomic E-state index is 0.596. The summed E-state index contributed by atoms with van der Waals surface area (Å²) in [4.78, 5) is 11.0. The van der Waals surface area contributed by atoms with E-state index in [0.29, 0.717) is 5.95 Å². The van der Waals surface area contributed by atoms with Crippen molar-refractivity contribution in [2.75, 3.05) is 0 Å². The summed E-state index contributed by atoms with van der Waals surface area (Å²) in [6.45, 7) is 0. The van der Waals surface area contributed by atoms with Crippen LogP contribution >= 0.6 is 11.3 Å². The maximum absolute atomic E-state index is 6.94. The van der Waals surface area contributed by atoms with Gasteiger partial charge in [0.2, 0.25) is 5.95 Å². The van der Waals surface area contributed by atoms with Gasteiger partial charge < -0.3 is 8.98 Å². The van der Waals surface area contributed by atoms with Gasteiger partial charge in [0.1, 0.15) is 11.1 Å². The number of thiophene rings is 1. The van der Waals surface area contributed by atoms with Crippen molar-refractivity contribution in [1.29, 1.82) is 0 Å². The van der Waals surface area contributed by atoms with E-state index < -0.39 is 0 Å². The SMILES string of the molecule is c1ccc(-n2c3ccccc3c3ccc(-c4cc5c6ccccc6oc5c5c4c4ccccc4n5-c4nc(-c5ccc6sc7ccccc7c6c5)c5ccccc5n4)cc32)cc1. The number of rotatable bonds is 4. The Morgan fingerprint density at radius 1 is 0.419 bits per heavy atom. The van der Waals surface area contributed by atoms with Crippen LogP contribution in [0.2, 0.25) is 0 Å². The second kappa shape index (κ2) is 12.7. The fraction of sp³-hybridized carbons (Fsp3) is 0. The first-order valence-electron chi connectivity index (χ1n) is 20.9. The molecule has 9 aromatic carbocycles. The number of benzene rings is 9. The number of fused-ring (bicyclic) bond motifs is 14. The van der Waals surface area contributed by atoms with Crippen molar-refractivity contribution in [3.63, 3.8) is 0 Å². The molecule has 0 saturated heterocycles. The van der Waals surface area contributed by atoms with Crippen molar-refractivity contribution >= 4 is 108 Å². The van der Waals surface area contributed by atoms with Crippen molar-refractivity contribution in [3.05, 3.63) is 194 Å². The van der Waals surface area contributed by atoms with Gasteiger partial charge in [0.25, 0.3) is 0 Å². The monoisotopic (exact) mass is 808 g/mol. The Balaban J connectivity index is 1.10. The third-order valence-electron chi connectivity index (χ3n) is 12.7. The van der Waals surface area contributed by atoms with Gasteiger partial charge in [-0.1, -0.05) is 127 Å². The summed E-state index contributed by atoms with van der Waals surface area (Å²) in [5, 5.41) is 10.3. The lowest BCUT2D eigenvalue weighted by atomic mass is 9.96. The van der Waals surface area contributed by atoms with Gasteiger partial charge in [-0.3, -0.25) is 4.57 Å². The van der Waals surface area contributed by atoms with Crippen LogP contribution in [0.15, 0.2) is 199 Å². The van der Waals surface area contributed by atoms with Gasteiger partial charge >= 0.3 is 0 Å². The Morgan fingerprint density at radius 3 is 1.95 bits per heavy atom. The van der Waals surface area contributed by atoms with Gasteiger partial charge in [0.05, 0.1) is 27.8 Å². The summed E-state index contributed by atoms with van der Waals surface area (Å²) in [5.74, 6) is 0.596. The predicted molar refractivity (Wildman–Crippen MR) is 259 cm³/mol. The number of para-hydroxylation sites is 5. The first kappa shape index (κ1) is 33.7. The Hall–Kier alpha value is -8.06. The summed E-state index contributed by atoms with van der Waals surface area (Å²) >= 11 is 1.83. The molecule has 0 radical (unpaired) electrons. The number of hydrogen-bond acceptors (Lipinski definition) is 4. The van der Waals surface area contributed by atoms with Gasteiger partial charge in [-0.15, -0.1) is 11.3 Å². The fourth-order valence-corrected chi connectivity index (χ4v) is 11.1. The number of nitrogens with zero attached hydrogens (tertiary/aromatic N) is 4. The van der Waals surface area contributed by atoms with E-state index in [1.54, 1.807) is 0 Å². The van der Waals surface area contributed by atoms with Crippen molar-refractivity contribution in [3.8, 4) is 34.0 Å². The molecule has 0 unspecified atom stereocenters. The molecule has 6 heteroatoms. The molecule has 62 heavy (non-hydrogen) atoms. The molecule has 14 rings (SSSR count). The van der Waals surface area contributed by atoms with Crippen LogP contribution in [-0.2, 0) is 0 Å². The van der Waals surface area contributed by atoms with Gasteiger partial charge in [0.15, 0.2) is 5.58 Å². The van der Waals surface area contributed by atoms with Gasteiger partial charge in [-0.05, 0) is 77.9 Å². The summed E-state index contributed by atoms with van der Waals surface area (Å²) in [5.41, 5.74) is 12.1. The summed E-state index contributed by atoms with van der Waals surface area (Å²) in [6, 6.07) is 69.4. The first-order chi connectivity index (χ1) is 30.7. The quantitative estimate of drug-likeness (QED) is 0.178. The third kappa shape index (κ3) is 4.72.